The predicted octanol–water partition coefficient (Wildman–Crippen LogP) is -0.679. The maximum Gasteiger partial charge on any atom is 0.107 e. The van der Waals surface area contributed by atoms with Crippen LogP contribution in [-0.2, 0) is 0 Å². The first-order valence-corrected chi connectivity index (χ1v) is 1.64. The molecule has 3 heteroatoms. The van der Waals surface area contributed by atoms with E-state index in [1.165, 1.54) is 0 Å². The normalized spacial score (nSPS) is 5.29. The van der Waals surface area contributed by atoms with Crippen molar-refractivity contribution in [1.29, 1.82) is 0 Å². The van der Waals surface area contributed by atoms with Crippen LogP contribution in [-0.4, -0.2) is 54.6 Å². The summed E-state index contributed by atoms with van der Waals surface area (Å²) in [5.74, 6) is 2.25. The minimum absolute atomic E-state index is 0. The van der Waals surface area contributed by atoms with Crippen LogP contribution in [0.5, 0.6) is 0 Å². The van der Waals surface area contributed by atoms with Crippen molar-refractivity contribution in [3.63, 3.8) is 0 Å². The molecule has 0 unspecified atom stereocenters. The van der Waals surface area contributed by atoms with Gasteiger partial charge in [0.25, 0.3) is 0 Å². The second kappa shape index (κ2) is 9.77. The molecule has 0 aromatic carbocycles. The van der Waals surface area contributed by atoms with Gasteiger partial charge in [0, 0.05) is 44.2 Å². The molecule has 2 nitrogen and oxygen atoms in total. The van der Waals surface area contributed by atoms with E-state index in [4.69, 9.17) is 10.2 Å². The van der Waals surface area contributed by atoms with Crippen molar-refractivity contribution in [3.05, 3.63) is 0 Å². The molecular formula is C4H6CaO2. The van der Waals surface area contributed by atoms with Crippen molar-refractivity contribution >= 4 is 37.7 Å². The second-order valence-electron chi connectivity index (χ2n) is 0.762. The Balaban J connectivity index is 0. The fraction of sp³-hybridized carbons (Fsp3) is 0.500. The number of aliphatic hydroxyl groups is 2. The zero-order valence-electron chi connectivity index (χ0n) is 4.02. The van der Waals surface area contributed by atoms with E-state index in [9.17, 15) is 0 Å². The molecule has 0 heterocycles. The number of rotatable bonds is 1. The van der Waals surface area contributed by atoms with Crippen molar-refractivity contribution in [2.45, 2.75) is 6.42 Å². The van der Waals surface area contributed by atoms with Gasteiger partial charge in [0.1, 0.15) is 6.11 Å². The third kappa shape index (κ3) is 10.8. The van der Waals surface area contributed by atoms with Gasteiger partial charge in [-0.1, -0.05) is 5.92 Å². The van der Waals surface area contributed by atoms with Crippen molar-refractivity contribution in [2.75, 3.05) is 6.61 Å². The standard InChI is InChI=1S/C4H6O2.Ca/c5-3-1-2-4-6;/h5-6H,1,3H2;. The summed E-state index contributed by atoms with van der Waals surface area (Å²) < 4.78 is 0. The van der Waals surface area contributed by atoms with Crippen LogP contribution in [0.15, 0.2) is 0 Å². The molecule has 0 atom stereocenters. The van der Waals surface area contributed by atoms with Crippen LogP contribution in [0.2, 0.25) is 0 Å². The van der Waals surface area contributed by atoms with Gasteiger partial charge in [0.15, 0.2) is 0 Å². The molecule has 0 saturated heterocycles. The maximum atomic E-state index is 7.98. The van der Waals surface area contributed by atoms with Gasteiger partial charge >= 0.3 is 0 Å². The van der Waals surface area contributed by atoms with E-state index in [0.717, 1.165) is 0 Å². The molecule has 0 rings (SSSR count). The Morgan fingerprint density at radius 2 is 2.00 bits per heavy atom. The van der Waals surface area contributed by atoms with E-state index in [-0.39, 0.29) is 44.3 Å². The van der Waals surface area contributed by atoms with E-state index in [1.54, 1.807) is 6.11 Å². The zero-order chi connectivity index (χ0) is 4.83. The fourth-order valence-corrected chi connectivity index (χ4v) is 0.112. The molecule has 36 valence electrons. The van der Waals surface area contributed by atoms with Crippen LogP contribution in [0.3, 0.4) is 0 Å². The molecule has 0 aliphatic rings. The van der Waals surface area contributed by atoms with E-state index >= 15 is 0 Å². The zero-order valence-corrected chi connectivity index (χ0v) is 6.22. The molecule has 0 saturated carbocycles. The number of hydrogen-bond donors (Lipinski definition) is 2. The van der Waals surface area contributed by atoms with Crippen LogP contribution in [0.25, 0.3) is 0 Å². The van der Waals surface area contributed by atoms with Gasteiger partial charge in [-0.2, -0.15) is 0 Å². The van der Waals surface area contributed by atoms with Crippen LogP contribution >= 0.6 is 0 Å². The SMILES string of the molecule is OC#CCCO.[Ca]. The molecule has 0 spiro atoms. The van der Waals surface area contributed by atoms with Gasteiger partial charge < -0.3 is 10.2 Å². The van der Waals surface area contributed by atoms with E-state index in [0.29, 0.717) is 6.42 Å². The van der Waals surface area contributed by atoms with Crippen LogP contribution < -0.4 is 0 Å². The molecule has 2 radical (unpaired) electrons. The first kappa shape index (κ1) is 10.5. The summed E-state index contributed by atoms with van der Waals surface area (Å²) in [4.78, 5) is 0. The van der Waals surface area contributed by atoms with Gasteiger partial charge in [-0.05, 0) is 0 Å². The first-order chi connectivity index (χ1) is 2.91. The van der Waals surface area contributed by atoms with E-state index < -0.39 is 0 Å². The third-order valence-corrected chi connectivity index (χ3v) is 0.316. The summed E-state index contributed by atoms with van der Waals surface area (Å²) in [6, 6.07) is 0. The van der Waals surface area contributed by atoms with Gasteiger partial charge in [0.2, 0.25) is 0 Å². The summed E-state index contributed by atoms with van der Waals surface area (Å²) in [5, 5.41) is 15.7. The Morgan fingerprint density at radius 1 is 1.43 bits per heavy atom. The number of hydrogen-bond acceptors (Lipinski definition) is 2. The third-order valence-electron chi connectivity index (χ3n) is 0.316. The van der Waals surface area contributed by atoms with Gasteiger partial charge in [-0.3, -0.25) is 0 Å². The van der Waals surface area contributed by atoms with Crippen molar-refractivity contribution in [2.24, 2.45) is 0 Å². The smallest absolute Gasteiger partial charge is 0.107 e. The Hall–Kier alpha value is 0.580. The first-order valence-electron chi connectivity index (χ1n) is 1.64. The van der Waals surface area contributed by atoms with Crippen LogP contribution in [0.4, 0.5) is 0 Å². The number of aliphatic hydroxyl groups excluding tert-OH is 2. The monoisotopic (exact) mass is 126 g/mol. The van der Waals surface area contributed by atoms with Gasteiger partial charge in [-0.25, -0.2) is 0 Å². The van der Waals surface area contributed by atoms with Gasteiger partial charge in [0.05, 0.1) is 6.61 Å². The predicted molar refractivity (Wildman–Crippen MR) is 27.2 cm³/mol. The topological polar surface area (TPSA) is 40.5 Å². The van der Waals surface area contributed by atoms with Crippen molar-refractivity contribution < 1.29 is 10.2 Å². The fourth-order valence-electron chi connectivity index (χ4n) is 0.112. The molecule has 2 N–H and O–H groups in total. The second-order valence-corrected chi connectivity index (χ2v) is 0.762. The van der Waals surface area contributed by atoms with E-state index in [1.807, 2.05) is 0 Å². The summed E-state index contributed by atoms with van der Waals surface area (Å²) in [5.41, 5.74) is 0. The average molecular weight is 126 g/mol. The Kier molecular flexibility index (Phi) is 14.7. The summed E-state index contributed by atoms with van der Waals surface area (Å²) in [6.45, 7) is 0.0214. The maximum absolute atomic E-state index is 7.98. The summed E-state index contributed by atoms with van der Waals surface area (Å²) >= 11 is 0. The molecule has 0 aliphatic carbocycles. The molecule has 0 aliphatic heterocycles. The average Bonchev–Trinajstić information content (AvgIpc) is 1.61. The quantitative estimate of drug-likeness (QED) is 0.361. The minimum Gasteiger partial charge on any atom is -0.462 e. The summed E-state index contributed by atoms with van der Waals surface area (Å²) in [7, 11) is 0. The molecule has 0 fully saturated rings. The van der Waals surface area contributed by atoms with E-state index in [2.05, 4.69) is 5.92 Å². The molecule has 7 heavy (non-hydrogen) atoms. The van der Waals surface area contributed by atoms with Crippen molar-refractivity contribution in [3.8, 4) is 12.0 Å². The van der Waals surface area contributed by atoms with Crippen LogP contribution in [0.1, 0.15) is 6.42 Å². The molecule has 0 aromatic rings. The molecule has 0 bridgehead atoms. The molecular weight excluding hydrogens is 120 g/mol. The molecule has 0 aromatic heterocycles. The Morgan fingerprint density at radius 3 is 2.14 bits per heavy atom. The minimum atomic E-state index is 0. The Bertz CT molecular complexity index is 71.5. The largest absolute Gasteiger partial charge is 0.462 e. The molecule has 0 amide bonds. The van der Waals surface area contributed by atoms with Gasteiger partial charge in [-0.15, -0.1) is 0 Å². The summed E-state index contributed by atoms with van der Waals surface area (Å²) in [6.07, 6.45) is 2.02. The Labute approximate surface area is 72.5 Å². The van der Waals surface area contributed by atoms with Crippen LogP contribution in [0, 0.1) is 12.0 Å². The van der Waals surface area contributed by atoms with Crippen molar-refractivity contribution in [1.82, 2.24) is 0 Å².